The third kappa shape index (κ3) is 13.8. The van der Waals surface area contributed by atoms with Gasteiger partial charge in [0.25, 0.3) is 0 Å². The van der Waals surface area contributed by atoms with Gasteiger partial charge < -0.3 is 14.2 Å². The third-order valence-electron chi connectivity index (χ3n) is 1.52. The zero-order valence-electron chi connectivity index (χ0n) is 9.79. The van der Waals surface area contributed by atoms with E-state index in [9.17, 15) is 0 Å². The third-order valence-corrected chi connectivity index (χ3v) is 1.52. The lowest BCUT2D eigenvalue weighted by atomic mass is 10.7. The van der Waals surface area contributed by atoms with E-state index in [1.165, 1.54) is 0 Å². The van der Waals surface area contributed by atoms with Gasteiger partial charge >= 0.3 is 0 Å². The first kappa shape index (κ1) is 14.8. The van der Waals surface area contributed by atoms with Crippen molar-refractivity contribution in [3.63, 3.8) is 0 Å². The molecule has 0 aliphatic carbocycles. The molecule has 0 heterocycles. The first-order chi connectivity index (χ1) is 7.41. The summed E-state index contributed by atoms with van der Waals surface area (Å²) in [6, 6.07) is 0. The summed E-state index contributed by atoms with van der Waals surface area (Å²) in [6.45, 7) is 9.12. The first-order valence-electron chi connectivity index (χ1n) is 5.49. The minimum Gasteiger partial charge on any atom is -0.379 e. The van der Waals surface area contributed by atoms with Crippen LogP contribution < -0.4 is 5.48 Å². The predicted octanol–water partition coefficient (Wildman–Crippen LogP) is 0.597. The van der Waals surface area contributed by atoms with E-state index < -0.39 is 0 Å². The Morgan fingerprint density at radius 2 is 1.27 bits per heavy atom. The van der Waals surface area contributed by atoms with Gasteiger partial charge in [-0.05, 0) is 6.92 Å². The van der Waals surface area contributed by atoms with Gasteiger partial charge in [0.2, 0.25) is 0 Å². The van der Waals surface area contributed by atoms with Gasteiger partial charge in [0.15, 0.2) is 0 Å². The summed E-state index contributed by atoms with van der Waals surface area (Å²) in [7, 11) is 0. The van der Waals surface area contributed by atoms with Crippen LogP contribution >= 0.6 is 0 Å². The van der Waals surface area contributed by atoms with Crippen LogP contribution in [0.1, 0.15) is 13.8 Å². The fraction of sp³-hybridized carbons (Fsp3) is 1.00. The van der Waals surface area contributed by atoms with Gasteiger partial charge in [-0.3, -0.25) is 4.84 Å². The van der Waals surface area contributed by atoms with E-state index in [1.807, 2.05) is 13.8 Å². The second kappa shape index (κ2) is 13.8. The van der Waals surface area contributed by atoms with Crippen LogP contribution in [-0.2, 0) is 19.0 Å². The summed E-state index contributed by atoms with van der Waals surface area (Å²) in [5.41, 5.74) is 2.75. The molecule has 0 spiro atoms. The minimum absolute atomic E-state index is 0.562. The quantitative estimate of drug-likeness (QED) is 0.386. The number of nitrogens with one attached hydrogen (secondary N) is 1. The Balaban J connectivity index is 2.81. The predicted molar refractivity (Wildman–Crippen MR) is 57.8 cm³/mol. The van der Waals surface area contributed by atoms with E-state index in [0.717, 1.165) is 13.2 Å². The van der Waals surface area contributed by atoms with Crippen molar-refractivity contribution in [3.05, 3.63) is 0 Å². The van der Waals surface area contributed by atoms with Crippen LogP contribution in [0.15, 0.2) is 0 Å². The monoisotopic (exact) mass is 221 g/mol. The van der Waals surface area contributed by atoms with Crippen molar-refractivity contribution in [3.8, 4) is 0 Å². The SMILES string of the molecule is CCNOCCOCCOCCOCC. The molecule has 0 rings (SSSR count). The summed E-state index contributed by atoms with van der Waals surface area (Å²) in [5, 5.41) is 0. The topological polar surface area (TPSA) is 49.0 Å². The highest BCUT2D eigenvalue weighted by atomic mass is 16.7. The highest BCUT2D eigenvalue weighted by molar-refractivity contribution is 4.33. The number of ether oxygens (including phenoxy) is 3. The molecule has 1 N–H and O–H groups in total. The molecule has 5 heteroatoms. The number of hydrogen-bond donors (Lipinski definition) is 1. The van der Waals surface area contributed by atoms with Crippen LogP contribution in [0.4, 0.5) is 0 Å². The smallest absolute Gasteiger partial charge is 0.0916 e. The van der Waals surface area contributed by atoms with E-state index >= 15 is 0 Å². The van der Waals surface area contributed by atoms with Crippen LogP contribution in [0.25, 0.3) is 0 Å². The van der Waals surface area contributed by atoms with Crippen molar-refractivity contribution in [1.82, 2.24) is 5.48 Å². The van der Waals surface area contributed by atoms with Crippen molar-refractivity contribution in [2.45, 2.75) is 13.8 Å². The van der Waals surface area contributed by atoms with Crippen LogP contribution in [0.2, 0.25) is 0 Å². The van der Waals surface area contributed by atoms with Crippen molar-refractivity contribution in [2.24, 2.45) is 0 Å². The molecule has 0 saturated heterocycles. The Labute approximate surface area is 92.0 Å². The Bertz CT molecular complexity index is 102. The molecule has 92 valence electrons. The Kier molecular flexibility index (Phi) is 13.6. The molecule has 0 radical (unpaired) electrons. The number of rotatable bonds is 12. The number of hydrogen-bond acceptors (Lipinski definition) is 5. The maximum Gasteiger partial charge on any atom is 0.0916 e. The lowest BCUT2D eigenvalue weighted by molar-refractivity contribution is -0.0226. The van der Waals surface area contributed by atoms with Crippen LogP contribution in [0.3, 0.4) is 0 Å². The summed E-state index contributed by atoms with van der Waals surface area (Å²) in [4.78, 5) is 5.01. The van der Waals surface area contributed by atoms with E-state index in [1.54, 1.807) is 0 Å². The van der Waals surface area contributed by atoms with E-state index in [-0.39, 0.29) is 0 Å². The normalized spacial score (nSPS) is 10.8. The lowest BCUT2D eigenvalue weighted by Gasteiger charge is -2.06. The zero-order valence-corrected chi connectivity index (χ0v) is 9.79. The van der Waals surface area contributed by atoms with Crippen LogP contribution in [-0.4, -0.2) is 52.8 Å². The summed E-state index contributed by atoms with van der Waals surface area (Å²) in [6.07, 6.45) is 0. The van der Waals surface area contributed by atoms with E-state index in [0.29, 0.717) is 39.6 Å². The van der Waals surface area contributed by atoms with Crippen LogP contribution in [0, 0.1) is 0 Å². The molecule has 5 nitrogen and oxygen atoms in total. The average molecular weight is 221 g/mol. The average Bonchev–Trinajstić information content (AvgIpc) is 2.26. The van der Waals surface area contributed by atoms with Gasteiger partial charge in [0, 0.05) is 13.2 Å². The molecular weight excluding hydrogens is 198 g/mol. The molecule has 0 bridgehead atoms. The van der Waals surface area contributed by atoms with Crippen molar-refractivity contribution < 1.29 is 19.0 Å². The minimum atomic E-state index is 0.562. The van der Waals surface area contributed by atoms with Gasteiger partial charge in [-0.1, -0.05) is 6.92 Å². The van der Waals surface area contributed by atoms with E-state index in [2.05, 4.69) is 5.48 Å². The van der Waals surface area contributed by atoms with Gasteiger partial charge in [0.1, 0.15) is 0 Å². The fourth-order valence-electron chi connectivity index (χ4n) is 0.859. The Hall–Kier alpha value is -0.200. The largest absolute Gasteiger partial charge is 0.379 e. The van der Waals surface area contributed by atoms with E-state index in [4.69, 9.17) is 19.0 Å². The molecule has 0 aliphatic rings. The molecule has 0 atom stereocenters. The first-order valence-corrected chi connectivity index (χ1v) is 5.49. The molecule has 0 aliphatic heterocycles. The lowest BCUT2D eigenvalue weighted by Crippen LogP contribution is -2.18. The summed E-state index contributed by atoms with van der Waals surface area (Å²) >= 11 is 0. The molecule has 15 heavy (non-hydrogen) atoms. The second-order valence-electron chi connectivity index (χ2n) is 2.77. The van der Waals surface area contributed by atoms with Crippen LogP contribution in [0.5, 0.6) is 0 Å². The summed E-state index contributed by atoms with van der Waals surface area (Å²) < 4.78 is 15.6. The highest BCUT2D eigenvalue weighted by Crippen LogP contribution is 1.81. The molecule has 0 fully saturated rings. The van der Waals surface area contributed by atoms with Crippen molar-refractivity contribution in [1.29, 1.82) is 0 Å². The highest BCUT2D eigenvalue weighted by Gasteiger charge is 1.90. The second-order valence-corrected chi connectivity index (χ2v) is 2.77. The molecule has 0 aromatic heterocycles. The maximum absolute atomic E-state index is 5.26. The van der Waals surface area contributed by atoms with Gasteiger partial charge in [-0.15, -0.1) is 0 Å². The van der Waals surface area contributed by atoms with Gasteiger partial charge in [0.05, 0.1) is 39.6 Å². The molecule has 0 saturated carbocycles. The molecule has 0 amide bonds. The van der Waals surface area contributed by atoms with Crippen molar-refractivity contribution >= 4 is 0 Å². The Morgan fingerprint density at radius 1 is 0.733 bits per heavy atom. The fourth-order valence-corrected chi connectivity index (χ4v) is 0.859. The van der Waals surface area contributed by atoms with Gasteiger partial charge in [-0.2, -0.15) is 0 Å². The molecule has 0 aromatic carbocycles. The maximum atomic E-state index is 5.26. The molecule has 0 aromatic rings. The molecular formula is C10H23NO4. The Morgan fingerprint density at radius 3 is 1.80 bits per heavy atom. The van der Waals surface area contributed by atoms with Crippen molar-refractivity contribution in [2.75, 3.05) is 52.8 Å². The zero-order chi connectivity index (χ0) is 11.2. The molecule has 0 unspecified atom stereocenters. The standard InChI is InChI=1S/C10H23NO4/c1-3-11-15-10-9-14-8-7-13-6-5-12-4-2/h11H,3-10H2,1-2H3. The number of hydroxylamine groups is 1. The summed E-state index contributed by atoms with van der Waals surface area (Å²) in [5.74, 6) is 0. The van der Waals surface area contributed by atoms with Gasteiger partial charge in [-0.25, -0.2) is 5.48 Å².